The van der Waals surface area contributed by atoms with E-state index in [2.05, 4.69) is 5.32 Å². The lowest BCUT2D eigenvalue weighted by atomic mass is 9.83. The molecule has 1 aromatic carbocycles. The average molecular weight is 422 g/mol. The number of fused-ring (bicyclic) bond motifs is 4. The maximum Gasteiger partial charge on any atom is 0.258 e. The summed E-state index contributed by atoms with van der Waals surface area (Å²) in [7, 11) is 0. The van der Waals surface area contributed by atoms with Gasteiger partial charge in [-0.25, -0.2) is 0 Å². The van der Waals surface area contributed by atoms with E-state index in [0.29, 0.717) is 41.3 Å². The summed E-state index contributed by atoms with van der Waals surface area (Å²) in [6.07, 6.45) is 1.03. The Morgan fingerprint density at radius 1 is 1.15 bits per heavy atom. The number of thiocarbonyl (C=S) groups is 1. The zero-order valence-electron chi connectivity index (χ0n) is 14.3. The maximum absolute atomic E-state index is 12.5. The van der Waals surface area contributed by atoms with Crippen LogP contribution in [-0.2, 0) is 6.54 Å². The van der Waals surface area contributed by atoms with Crippen molar-refractivity contribution >= 4 is 46.4 Å². The SMILES string of the molecule is O=C(NC(=S)N1C[C@H]2C[C@@H](C1)c1cccc(=O)n1C2)c1ccc(Cl)cc1Cl. The van der Waals surface area contributed by atoms with Gasteiger partial charge < -0.3 is 9.47 Å². The summed E-state index contributed by atoms with van der Waals surface area (Å²) in [5.41, 5.74) is 1.42. The lowest BCUT2D eigenvalue weighted by Gasteiger charge is -2.43. The number of carbonyl (C=O) groups excluding carboxylic acids is 1. The van der Waals surface area contributed by atoms with Crippen LogP contribution in [0.5, 0.6) is 0 Å². The number of amides is 1. The van der Waals surface area contributed by atoms with Gasteiger partial charge in [0.15, 0.2) is 5.11 Å². The highest BCUT2D eigenvalue weighted by Gasteiger charge is 2.35. The predicted molar refractivity (Wildman–Crippen MR) is 110 cm³/mol. The number of nitrogens with zero attached hydrogens (tertiary/aromatic N) is 2. The number of pyridine rings is 1. The Morgan fingerprint density at radius 3 is 2.74 bits per heavy atom. The van der Waals surface area contributed by atoms with Crippen LogP contribution in [0, 0.1) is 5.92 Å². The number of aromatic nitrogens is 1. The van der Waals surface area contributed by atoms with Crippen molar-refractivity contribution in [2.45, 2.75) is 18.9 Å². The van der Waals surface area contributed by atoms with Crippen LogP contribution in [0.1, 0.15) is 28.4 Å². The molecule has 3 heterocycles. The Hall–Kier alpha value is -1.89. The van der Waals surface area contributed by atoms with Crippen LogP contribution in [0.15, 0.2) is 41.2 Å². The number of hydrogen-bond acceptors (Lipinski definition) is 3. The molecule has 2 aliphatic rings. The van der Waals surface area contributed by atoms with E-state index in [1.54, 1.807) is 24.3 Å². The molecule has 0 aliphatic carbocycles. The van der Waals surface area contributed by atoms with Crippen molar-refractivity contribution in [3.8, 4) is 0 Å². The van der Waals surface area contributed by atoms with Gasteiger partial charge in [0.1, 0.15) is 0 Å². The van der Waals surface area contributed by atoms with Gasteiger partial charge in [-0.15, -0.1) is 0 Å². The zero-order valence-corrected chi connectivity index (χ0v) is 16.7. The molecule has 1 aromatic heterocycles. The largest absolute Gasteiger partial charge is 0.348 e. The Balaban J connectivity index is 1.49. The molecule has 27 heavy (non-hydrogen) atoms. The zero-order chi connectivity index (χ0) is 19.1. The van der Waals surface area contributed by atoms with E-state index in [4.69, 9.17) is 35.4 Å². The summed E-state index contributed by atoms with van der Waals surface area (Å²) in [6, 6.07) is 10.1. The molecule has 1 N–H and O–H groups in total. The molecule has 0 radical (unpaired) electrons. The smallest absolute Gasteiger partial charge is 0.258 e. The highest BCUT2D eigenvalue weighted by atomic mass is 35.5. The summed E-state index contributed by atoms with van der Waals surface area (Å²) < 4.78 is 1.87. The van der Waals surface area contributed by atoms with Gasteiger partial charge in [-0.3, -0.25) is 14.9 Å². The van der Waals surface area contributed by atoms with Crippen molar-refractivity contribution < 1.29 is 4.79 Å². The van der Waals surface area contributed by atoms with Gasteiger partial charge in [0.25, 0.3) is 11.5 Å². The fourth-order valence-electron chi connectivity index (χ4n) is 3.98. The van der Waals surface area contributed by atoms with Crippen LogP contribution >= 0.6 is 35.4 Å². The van der Waals surface area contributed by atoms with E-state index >= 15 is 0 Å². The van der Waals surface area contributed by atoms with Crippen molar-refractivity contribution in [3.05, 3.63) is 68.1 Å². The van der Waals surface area contributed by atoms with Crippen LogP contribution in [0.2, 0.25) is 10.0 Å². The van der Waals surface area contributed by atoms with Gasteiger partial charge >= 0.3 is 0 Å². The monoisotopic (exact) mass is 421 g/mol. The van der Waals surface area contributed by atoms with Crippen molar-refractivity contribution in [1.82, 2.24) is 14.8 Å². The Morgan fingerprint density at radius 2 is 1.96 bits per heavy atom. The van der Waals surface area contributed by atoms with Crippen LogP contribution in [0.3, 0.4) is 0 Å². The number of nitrogens with one attached hydrogen (secondary N) is 1. The number of piperidine rings is 1. The van der Waals surface area contributed by atoms with Crippen LogP contribution in [-0.4, -0.2) is 33.6 Å². The quantitative estimate of drug-likeness (QED) is 0.717. The summed E-state index contributed by atoms with van der Waals surface area (Å²) >= 11 is 17.5. The second-order valence-electron chi connectivity index (χ2n) is 6.99. The maximum atomic E-state index is 12.5. The van der Waals surface area contributed by atoms with E-state index in [9.17, 15) is 9.59 Å². The molecule has 0 unspecified atom stereocenters. The first-order valence-corrected chi connectivity index (χ1v) is 9.84. The molecule has 1 amide bonds. The van der Waals surface area contributed by atoms with E-state index < -0.39 is 0 Å². The number of rotatable bonds is 1. The standard InChI is InChI=1S/C19H17Cl2N3O2S/c20-13-4-5-14(15(21)7-13)18(26)22-19(27)23-8-11-6-12(10-23)16-2-1-3-17(25)24(16)9-11/h1-5,7,11-12H,6,8-10H2,(H,22,26,27)/t11-,12+/m1/s1. The Labute approximate surface area is 171 Å². The molecule has 1 fully saturated rings. The highest BCUT2D eigenvalue weighted by molar-refractivity contribution is 7.80. The number of halogens is 2. The molecule has 1 saturated heterocycles. The fraction of sp³-hybridized carbons (Fsp3) is 0.316. The fourth-order valence-corrected chi connectivity index (χ4v) is 4.72. The van der Waals surface area contributed by atoms with Gasteiger partial charge in [-0.05, 0) is 48.8 Å². The summed E-state index contributed by atoms with van der Waals surface area (Å²) in [6.45, 7) is 2.07. The molecule has 2 aromatic rings. The van der Waals surface area contributed by atoms with E-state index in [1.165, 1.54) is 6.07 Å². The molecule has 8 heteroatoms. The summed E-state index contributed by atoms with van der Waals surface area (Å²) in [5.74, 6) is 0.194. The molecule has 5 nitrogen and oxygen atoms in total. The van der Waals surface area contributed by atoms with Gasteiger partial charge in [-0.1, -0.05) is 29.3 Å². The molecular weight excluding hydrogens is 405 g/mol. The Kier molecular flexibility index (Phi) is 4.97. The first kappa shape index (κ1) is 18.5. The van der Waals surface area contributed by atoms with Crippen LogP contribution < -0.4 is 10.9 Å². The molecule has 0 saturated carbocycles. The first-order valence-electron chi connectivity index (χ1n) is 8.67. The molecule has 2 bridgehead atoms. The van der Waals surface area contributed by atoms with Crippen LogP contribution in [0.25, 0.3) is 0 Å². The third-order valence-corrected chi connectivity index (χ3v) is 6.07. The lowest BCUT2D eigenvalue weighted by Crippen LogP contribution is -2.52. The second-order valence-corrected chi connectivity index (χ2v) is 8.22. The van der Waals surface area contributed by atoms with Gasteiger partial charge in [-0.2, -0.15) is 0 Å². The molecular formula is C19H17Cl2N3O2S. The lowest BCUT2D eigenvalue weighted by molar-refractivity contribution is 0.0968. The molecule has 2 atom stereocenters. The average Bonchev–Trinajstić information content (AvgIpc) is 2.62. The Bertz CT molecular complexity index is 991. The molecule has 140 valence electrons. The predicted octanol–water partition coefficient (Wildman–Crippen LogP) is 3.29. The topological polar surface area (TPSA) is 54.3 Å². The number of likely N-dealkylation sites (tertiary alicyclic amines) is 1. The third-order valence-electron chi connectivity index (χ3n) is 5.16. The summed E-state index contributed by atoms with van der Waals surface area (Å²) in [5, 5.41) is 3.91. The number of hydrogen-bond donors (Lipinski definition) is 1. The first-order chi connectivity index (χ1) is 12.9. The third kappa shape index (κ3) is 3.61. The molecule has 2 aliphatic heterocycles. The minimum absolute atomic E-state index is 0.0453. The molecule has 4 rings (SSSR count). The van der Waals surface area contributed by atoms with Crippen molar-refractivity contribution in [1.29, 1.82) is 0 Å². The van der Waals surface area contributed by atoms with Crippen LogP contribution in [0.4, 0.5) is 0 Å². The van der Waals surface area contributed by atoms with E-state index in [-0.39, 0.29) is 22.4 Å². The minimum Gasteiger partial charge on any atom is -0.348 e. The summed E-state index contributed by atoms with van der Waals surface area (Å²) in [4.78, 5) is 26.6. The van der Waals surface area contributed by atoms with Crippen molar-refractivity contribution in [2.75, 3.05) is 13.1 Å². The van der Waals surface area contributed by atoms with Gasteiger partial charge in [0.05, 0.1) is 10.6 Å². The van der Waals surface area contributed by atoms with Crippen molar-refractivity contribution in [3.63, 3.8) is 0 Å². The number of benzene rings is 1. The number of carbonyl (C=O) groups is 1. The second kappa shape index (κ2) is 7.26. The van der Waals surface area contributed by atoms with E-state index in [0.717, 1.165) is 12.1 Å². The normalized spacial score (nSPS) is 20.7. The van der Waals surface area contributed by atoms with E-state index in [1.807, 2.05) is 15.5 Å². The van der Waals surface area contributed by atoms with Gasteiger partial charge in [0.2, 0.25) is 0 Å². The van der Waals surface area contributed by atoms with Gasteiger partial charge in [0, 0.05) is 42.3 Å². The molecule has 0 spiro atoms. The minimum atomic E-state index is -0.353. The van der Waals surface area contributed by atoms with Crippen molar-refractivity contribution in [2.24, 2.45) is 5.92 Å². The highest BCUT2D eigenvalue weighted by Crippen LogP contribution is 2.35.